The van der Waals surface area contributed by atoms with Crippen molar-refractivity contribution in [2.75, 3.05) is 19.8 Å². The number of ether oxygens (including phenoxy) is 3. The van der Waals surface area contributed by atoms with Gasteiger partial charge in [0.05, 0.1) is 19.8 Å². The van der Waals surface area contributed by atoms with E-state index >= 15 is 0 Å². The van der Waals surface area contributed by atoms with E-state index in [1.165, 1.54) is 33.7 Å². The van der Waals surface area contributed by atoms with Crippen LogP contribution in [0.5, 0.6) is 0 Å². The number of rotatable bonds is 6. The fourth-order valence-corrected chi connectivity index (χ4v) is 5.19. The van der Waals surface area contributed by atoms with Gasteiger partial charge in [0.1, 0.15) is 91.4 Å². The fourth-order valence-electron chi connectivity index (χ4n) is 5.19. The molecule has 0 saturated carbocycles. The van der Waals surface area contributed by atoms with Crippen molar-refractivity contribution in [3.63, 3.8) is 0 Å². The predicted octanol–water partition coefficient (Wildman–Crippen LogP) is -7.33. The molecule has 15 N–H and O–H groups in total. The molecule has 0 amide bonds. The molecule has 282 valence electrons. The Bertz CT molecular complexity index is 1320. The first kappa shape index (κ1) is 39.3. The number of hydrogen-bond acceptors (Lipinski definition) is 24. The Morgan fingerprint density at radius 3 is 0.902 bits per heavy atom. The minimum Gasteiger partial charge on any atom is -0.394 e. The Morgan fingerprint density at radius 2 is 0.725 bits per heavy atom. The summed E-state index contributed by atoms with van der Waals surface area (Å²) in [7, 11) is 0. The molecule has 3 fully saturated rings. The molecule has 0 radical (unpaired) electrons. The summed E-state index contributed by atoms with van der Waals surface area (Å²) in [6.45, 7) is 9.72. The van der Waals surface area contributed by atoms with Crippen LogP contribution in [0.25, 0.3) is 0 Å². The lowest BCUT2D eigenvalue weighted by Gasteiger charge is -2.29. The van der Waals surface area contributed by atoms with E-state index in [0.29, 0.717) is 0 Å². The molecule has 0 bridgehead atoms. The normalized spacial score (nSPS) is 37.5. The van der Waals surface area contributed by atoms with Gasteiger partial charge >= 0.3 is 0 Å². The molecule has 6 aliphatic heterocycles. The average Bonchev–Trinajstić information content (AvgIpc) is 3.66. The van der Waals surface area contributed by atoms with Gasteiger partial charge in [0.2, 0.25) is 17.9 Å². The first-order chi connectivity index (χ1) is 24.1. The average molecular weight is 727 g/mol. The van der Waals surface area contributed by atoms with E-state index in [2.05, 4.69) is 49.7 Å². The molecule has 3 unspecified atom stereocenters. The second-order valence-electron chi connectivity index (χ2n) is 11.3. The third kappa shape index (κ3) is 8.55. The van der Waals surface area contributed by atoms with Crippen LogP contribution in [-0.4, -0.2) is 191 Å². The highest BCUT2D eigenvalue weighted by Gasteiger charge is 2.48. The van der Waals surface area contributed by atoms with Crippen molar-refractivity contribution in [2.24, 2.45) is 47.2 Å². The van der Waals surface area contributed by atoms with Crippen molar-refractivity contribution in [2.45, 2.75) is 73.6 Å². The largest absolute Gasteiger partial charge is 0.394 e. The van der Waals surface area contributed by atoms with Crippen LogP contribution in [0.1, 0.15) is 0 Å². The van der Waals surface area contributed by atoms with Crippen LogP contribution in [-0.2, 0) is 14.2 Å². The van der Waals surface area contributed by atoms with Gasteiger partial charge in [0, 0.05) is 0 Å². The summed E-state index contributed by atoms with van der Waals surface area (Å²) in [4.78, 5) is 26.7. The molecule has 51 heavy (non-hydrogen) atoms. The first-order valence-electron chi connectivity index (χ1n) is 15.1. The molecule has 0 aromatic rings. The number of aliphatic imine (C=N–C) groups is 6. The zero-order valence-corrected chi connectivity index (χ0v) is 26.9. The summed E-state index contributed by atoms with van der Waals surface area (Å²) in [5.74, 6) is 0.890. The molecule has 6 heterocycles. The van der Waals surface area contributed by atoms with Crippen LogP contribution >= 0.6 is 0 Å². The van der Waals surface area contributed by atoms with Crippen molar-refractivity contribution < 1.29 is 60.2 Å². The van der Waals surface area contributed by atoms with Crippen LogP contribution in [0.3, 0.4) is 0 Å². The quantitative estimate of drug-likeness (QED) is 0.121. The summed E-state index contributed by atoms with van der Waals surface area (Å²) in [5.41, 5.74) is 16.1. The zero-order valence-electron chi connectivity index (χ0n) is 26.9. The lowest BCUT2D eigenvalue weighted by molar-refractivity contribution is -0.0607. The van der Waals surface area contributed by atoms with Crippen molar-refractivity contribution >= 4 is 36.9 Å². The number of aliphatic hydroxyl groups is 9. The molecule has 24 heteroatoms. The minimum atomic E-state index is -1.19. The summed E-state index contributed by atoms with van der Waals surface area (Å²) < 4.78 is 15.9. The third-order valence-electron chi connectivity index (χ3n) is 7.94. The van der Waals surface area contributed by atoms with E-state index in [1.54, 1.807) is 0 Å². The van der Waals surface area contributed by atoms with Crippen molar-refractivity contribution in [3.05, 3.63) is 37.2 Å². The summed E-state index contributed by atoms with van der Waals surface area (Å²) in [5, 5.41) is 85.0. The summed E-state index contributed by atoms with van der Waals surface area (Å²) in [6.07, 6.45) is -8.38. The van der Waals surface area contributed by atoms with Crippen LogP contribution in [0, 0.1) is 0 Å². The number of aliphatic hydroxyl groups excluding tert-OH is 9. The lowest BCUT2D eigenvalue weighted by atomic mass is 10.1. The van der Waals surface area contributed by atoms with Gasteiger partial charge in [-0.25, -0.2) is 15.0 Å². The first-order valence-corrected chi connectivity index (χ1v) is 15.1. The van der Waals surface area contributed by atoms with E-state index in [0.717, 1.165) is 0 Å². The molecule has 0 aromatic carbocycles. The Kier molecular flexibility index (Phi) is 12.9. The molecule has 6 rings (SSSR count). The highest BCUT2D eigenvalue weighted by atomic mass is 16.6. The number of nitrogens with two attached hydrogens (primary N) is 3. The van der Waals surface area contributed by atoms with E-state index in [9.17, 15) is 30.6 Å². The summed E-state index contributed by atoms with van der Waals surface area (Å²) >= 11 is 0. The second-order valence-corrected chi connectivity index (χ2v) is 11.3. The van der Waals surface area contributed by atoms with Crippen LogP contribution in [0.4, 0.5) is 0 Å². The Morgan fingerprint density at radius 1 is 0.490 bits per heavy atom. The molecule has 3 saturated heterocycles. The van der Waals surface area contributed by atoms with Gasteiger partial charge in [-0.1, -0.05) is 19.7 Å². The van der Waals surface area contributed by atoms with Gasteiger partial charge in [-0.3, -0.25) is 14.7 Å². The van der Waals surface area contributed by atoms with Gasteiger partial charge in [0.15, 0.2) is 18.7 Å². The predicted molar refractivity (Wildman–Crippen MR) is 177 cm³/mol. The smallest absolute Gasteiger partial charge is 0.223 e. The maximum atomic E-state index is 9.78. The van der Waals surface area contributed by atoms with Gasteiger partial charge in [-0.2, -0.15) is 15.0 Å². The molecular weight excluding hydrogens is 684 g/mol. The third-order valence-corrected chi connectivity index (χ3v) is 7.94. The van der Waals surface area contributed by atoms with E-state index in [4.69, 9.17) is 46.7 Å². The molecule has 0 spiro atoms. The maximum absolute atomic E-state index is 9.78. The van der Waals surface area contributed by atoms with Gasteiger partial charge in [-0.15, -0.1) is 0 Å². The monoisotopic (exact) mass is 726 g/mol. The van der Waals surface area contributed by atoms with E-state index < -0.39 is 93.4 Å². The SMILES string of the molecule is C=C1N=C(N)N=CN1[C@@H]1O[C@H](CO)C(O)[C@@H]1O.C=C1N=C(N)N=CN1[C@@H]1O[C@H](CO)C(O)[C@@H]1O.C=C1N=C(N)N=CN1[C@@H]1O[C@H](CO)C(O)[C@@H]1O. The van der Waals surface area contributed by atoms with Crippen LogP contribution in [0.15, 0.2) is 67.2 Å². The fraction of sp³-hybridized carbons (Fsp3) is 0.556. The minimum absolute atomic E-state index is 0.0537. The van der Waals surface area contributed by atoms with Crippen molar-refractivity contribution in [1.82, 2.24) is 14.7 Å². The molecule has 0 aromatic heterocycles. The van der Waals surface area contributed by atoms with Gasteiger partial charge < -0.3 is 77.4 Å². The van der Waals surface area contributed by atoms with Gasteiger partial charge in [-0.05, 0) is 0 Å². The zero-order chi connectivity index (χ0) is 37.7. The van der Waals surface area contributed by atoms with Crippen LogP contribution < -0.4 is 17.2 Å². The van der Waals surface area contributed by atoms with Crippen molar-refractivity contribution in [3.8, 4) is 0 Å². The topological polar surface area (TPSA) is 372 Å². The molecule has 12 atom stereocenters. The Hall–Kier alpha value is -4.44. The molecule has 24 nitrogen and oxygen atoms in total. The molecular formula is C27H42N12O12. The van der Waals surface area contributed by atoms with Crippen molar-refractivity contribution in [1.29, 1.82) is 0 Å². The number of nitrogens with zero attached hydrogens (tertiary/aromatic N) is 9. The highest BCUT2D eigenvalue weighted by Crippen LogP contribution is 2.28. The molecule has 0 aliphatic carbocycles. The van der Waals surface area contributed by atoms with Crippen LogP contribution in [0.2, 0.25) is 0 Å². The Labute approximate surface area is 289 Å². The van der Waals surface area contributed by atoms with E-state index in [-0.39, 0.29) is 35.3 Å². The highest BCUT2D eigenvalue weighted by molar-refractivity contribution is 5.90. The summed E-state index contributed by atoms with van der Waals surface area (Å²) in [6, 6.07) is 0. The standard InChI is InChI=1S/3C9H14N4O4/c3*1-4-12-9(10)11-3-13(4)8-7(16)6(15)5(2-14)17-8/h3*3,5-8,14-16H,1-2H2,(H2,10,12)/t3*5-,6?,7+,8-/m111/s1. The second kappa shape index (κ2) is 16.7. The number of guanidine groups is 3. The number of hydrogen-bond donors (Lipinski definition) is 12. The Balaban J connectivity index is 0.000000172. The maximum Gasteiger partial charge on any atom is 0.223 e. The lowest BCUT2D eigenvalue weighted by Crippen LogP contribution is -2.44. The molecule has 6 aliphatic rings. The van der Waals surface area contributed by atoms with E-state index in [1.807, 2.05) is 0 Å². The van der Waals surface area contributed by atoms with Gasteiger partial charge in [0.25, 0.3) is 0 Å².